The second kappa shape index (κ2) is 8.73. The standard InChI is InChI=1S/C23H20ClN3O2S/c1-14-15(2)30-23(27-22(28)18-10-7-13-29-18)20(14)21(16-8-3-4-9-17(16)24)26-19-11-5-6-12-25-19/h3-13,21H,1-2H3,(H,25,26)(H,27,28)/t21-/m1/s1. The zero-order chi connectivity index (χ0) is 21.1. The molecule has 30 heavy (non-hydrogen) atoms. The minimum atomic E-state index is -0.301. The molecule has 5 nitrogen and oxygen atoms in total. The first-order valence-corrected chi connectivity index (χ1v) is 10.6. The molecule has 152 valence electrons. The fourth-order valence-electron chi connectivity index (χ4n) is 3.27. The van der Waals surface area contributed by atoms with Crippen molar-refractivity contribution >= 4 is 39.7 Å². The van der Waals surface area contributed by atoms with Gasteiger partial charge in [-0.1, -0.05) is 35.9 Å². The molecule has 0 saturated heterocycles. The molecule has 1 aromatic carbocycles. The number of aryl methyl sites for hydroxylation is 1. The van der Waals surface area contributed by atoms with Crippen molar-refractivity contribution in [1.82, 2.24) is 4.98 Å². The van der Waals surface area contributed by atoms with Gasteiger partial charge < -0.3 is 15.1 Å². The molecule has 0 radical (unpaired) electrons. The van der Waals surface area contributed by atoms with Gasteiger partial charge in [0, 0.05) is 21.7 Å². The van der Waals surface area contributed by atoms with Crippen LogP contribution in [-0.4, -0.2) is 10.9 Å². The van der Waals surface area contributed by atoms with E-state index in [2.05, 4.69) is 15.6 Å². The van der Waals surface area contributed by atoms with Crippen LogP contribution in [0.2, 0.25) is 5.02 Å². The zero-order valence-corrected chi connectivity index (χ0v) is 18.1. The number of nitrogens with zero attached hydrogens (tertiary/aromatic N) is 1. The Labute approximate surface area is 183 Å². The highest BCUT2D eigenvalue weighted by molar-refractivity contribution is 7.16. The van der Waals surface area contributed by atoms with E-state index in [1.165, 1.54) is 17.6 Å². The SMILES string of the molecule is Cc1sc(NC(=O)c2ccco2)c([C@H](Nc2ccccn2)c2ccccc2Cl)c1C. The predicted octanol–water partition coefficient (Wildman–Crippen LogP) is 6.46. The normalized spacial score (nSPS) is 11.8. The summed E-state index contributed by atoms with van der Waals surface area (Å²) in [5.41, 5.74) is 2.94. The molecule has 3 aromatic heterocycles. The van der Waals surface area contributed by atoms with Gasteiger partial charge in [-0.3, -0.25) is 4.79 Å². The lowest BCUT2D eigenvalue weighted by atomic mass is 9.96. The maximum Gasteiger partial charge on any atom is 0.291 e. The van der Waals surface area contributed by atoms with Crippen LogP contribution in [0.5, 0.6) is 0 Å². The minimum Gasteiger partial charge on any atom is -0.459 e. The number of hydrogen-bond acceptors (Lipinski definition) is 5. The highest BCUT2D eigenvalue weighted by Gasteiger charge is 2.26. The van der Waals surface area contributed by atoms with Crippen molar-refractivity contribution in [3.63, 3.8) is 0 Å². The van der Waals surface area contributed by atoms with E-state index in [1.54, 1.807) is 18.3 Å². The van der Waals surface area contributed by atoms with Crippen molar-refractivity contribution in [2.75, 3.05) is 10.6 Å². The second-order valence-corrected chi connectivity index (χ2v) is 8.40. The number of hydrogen-bond donors (Lipinski definition) is 2. The van der Waals surface area contributed by atoms with E-state index >= 15 is 0 Å². The highest BCUT2D eigenvalue weighted by Crippen LogP contribution is 2.42. The van der Waals surface area contributed by atoms with Crippen molar-refractivity contribution in [3.05, 3.63) is 99.4 Å². The lowest BCUT2D eigenvalue weighted by Gasteiger charge is -2.23. The number of carbonyl (C=O) groups is 1. The number of carbonyl (C=O) groups excluding carboxylic acids is 1. The summed E-state index contributed by atoms with van der Waals surface area (Å²) in [6.07, 6.45) is 3.22. The summed E-state index contributed by atoms with van der Waals surface area (Å²) in [7, 11) is 0. The van der Waals surface area contributed by atoms with Gasteiger partial charge in [0.2, 0.25) is 0 Å². The van der Waals surface area contributed by atoms with Crippen LogP contribution in [0.3, 0.4) is 0 Å². The molecule has 0 aliphatic carbocycles. The summed E-state index contributed by atoms with van der Waals surface area (Å²) >= 11 is 8.10. The first kappa shape index (κ1) is 20.2. The Morgan fingerprint density at radius 1 is 1.10 bits per heavy atom. The summed E-state index contributed by atoms with van der Waals surface area (Å²) in [5.74, 6) is 0.684. The molecule has 7 heteroatoms. The summed E-state index contributed by atoms with van der Waals surface area (Å²) in [6, 6.07) is 16.4. The molecule has 1 amide bonds. The first-order valence-electron chi connectivity index (χ1n) is 9.41. The number of anilines is 2. The first-order chi connectivity index (χ1) is 14.5. The molecule has 0 unspecified atom stereocenters. The molecule has 4 aromatic rings. The second-order valence-electron chi connectivity index (χ2n) is 6.77. The van der Waals surface area contributed by atoms with Crippen LogP contribution in [-0.2, 0) is 0 Å². The van der Waals surface area contributed by atoms with Gasteiger partial charge in [0.25, 0.3) is 5.91 Å². The molecule has 1 atom stereocenters. The van der Waals surface area contributed by atoms with E-state index in [1.807, 2.05) is 56.3 Å². The van der Waals surface area contributed by atoms with E-state index in [0.29, 0.717) is 10.8 Å². The minimum absolute atomic E-state index is 0.261. The van der Waals surface area contributed by atoms with Crippen LogP contribution in [0.4, 0.5) is 10.8 Å². The Morgan fingerprint density at radius 3 is 2.60 bits per heavy atom. The smallest absolute Gasteiger partial charge is 0.291 e. The fourth-order valence-corrected chi connectivity index (χ4v) is 4.61. The lowest BCUT2D eigenvalue weighted by molar-refractivity contribution is 0.0997. The maximum atomic E-state index is 12.7. The maximum absolute atomic E-state index is 12.7. The predicted molar refractivity (Wildman–Crippen MR) is 122 cm³/mol. The third kappa shape index (κ3) is 4.10. The lowest BCUT2D eigenvalue weighted by Crippen LogP contribution is -2.18. The Balaban J connectivity index is 1.80. The third-order valence-corrected chi connectivity index (χ3v) is 6.35. The average molecular weight is 438 g/mol. The summed E-state index contributed by atoms with van der Waals surface area (Å²) in [4.78, 5) is 18.2. The quantitative estimate of drug-likeness (QED) is 0.363. The molecular formula is C23H20ClN3O2S. The van der Waals surface area contributed by atoms with Crippen LogP contribution in [0, 0.1) is 13.8 Å². The molecule has 0 fully saturated rings. The number of pyridine rings is 1. The number of aromatic nitrogens is 1. The molecule has 0 aliphatic heterocycles. The monoisotopic (exact) mass is 437 g/mol. The van der Waals surface area contributed by atoms with Crippen molar-refractivity contribution in [3.8, 4) is 0 Å². The van der Waals surface area contributed by atoms with Gasteiger partial charge in [-0.15, -0.1) is 11.3 Å². The van der Waals surface area contributed by atoms with E-state index in [4.69, 9.17) is 16.0 Å². The molecule has 0 saturated carbocycles. The van der Waals surface area contributed by atoms with Crippen LogP contribution >= 0.6 is 22.9 Å². The number of benzene rings is 1. The Morgan fingerprint density at radius 2 is 1.90 bits per heavy atom. The molecule has 0 aliphatic rings. The van der Waals surface area contributed by atoms with Crippen molar-refractivity contribution in [2.24, 2.45) is 0 Å². The Hall–Kier alpha value is -3.09. The molecule has 0 bridgehead atoms. The van der Waals surface area contributed by atoms with Gasteiger partial charge in [0.05, 0.1) is 12.3 Å². The van der Waals surface area contributed by atoms with E-state index in [0.717, 1.165) is 26.6 Å². The number of nitrogens with one attached hydrogen (secondary N) is 2. The number of halogens is 1. The number of thiophene rings is 1. The molecule has 4 rings (SSSR count). The van der Waals surface area contributed by atoms with Gasteiger partial charge >= 0.3 is 0 Å². The Bertz CT molecular complexity index is 1160. The number of furan rings is 1. The van der Waals surface area contributed by atoms with E-state index < -0.39 is 0 Å². The molecular weight excluding hydrogens is 418 g/mol. The summed E-state index contributed by atoms with van der Waals surface area (Å²) in [5, 5.41) is 7.89. The van der Waals surface area contributed by atoms with Crippen molar-refractivity contribution in [1.29, 1.82) is 0 Å². The van der Waals surface area contributed by atoms with E-state index in [9.17, 15) is 4.79 Å². The Kier molecular flexibility index (Phi) is 5.88. The fraction of sp³-hybridized carbons (Fsp3) is 0.130. The number of rotatable bonds is 6. The van der Waals surface area contributed by atoms with Gasteiger partial charge in [-0.2, -0.15) is 0 Å². The third-order valence-electron chi connectivity index (χ3n) is 4.87. The highest BCUT2D eigenvalue weighted by atomic mass is 35.5. The molecule has 2 N–H and O–H groups in total. The van der Waals surface area contributed by atoms with Crippen LogP contribution in [0.15, 0.2) is 71.5 Å². The van der Waals surface area contributed by atoms with Crippen LogP contribution in [0.25, 0.3) is 0 Å². The average Bonchev–Trinajstić information content (AvgIpc) is 3.37. The largest absolute Gasteiger partial charge is 0.459 e. The van der Waals surface area contributed by atoms with E-state index in [-0.39, 0.29) is 17.7 Å². The van der Waals surface area contributed by atoms with Gasteiger partial charge in [-0.25, -0.2) is 4.98 Å². The van der Waals surface area contributed by atoms with Gasteiger partial charge in [-0.05, 0) is 55.3 Å². The summed E-state index contributed by atoms with van der Waals surface area (Å²) < 4.78 is 5.25. The zero-order valence-electron chi connectivity index (χ0n) is 16.5. The van der Waals surface area contributed by atoms with Gasteiger partial charge in [0.15, 0.2) is 5.76 Å². The topological polar surface area (TPSA) is 67.2 Å². The van der Waals surface area contributed by atoms with Crippen LogP contribution in [0.1, 0.15) is 38.2 Å². The van der Waals surface area contributed by atoms with Crippen molar-refractivity contribution < 1.29 is 9.21 Å². The molecule has 3 heterocycles. The summed E-state index contributed by atoms with van der Waals surface area (Å²) in [6.45, 7) is 4.09. The van der Waals surface area contributed by atoms with Gasteiger partial charge in [0.1, 0.15) is 10.8 Å². The number of amides is 1. The van der Waals surface area contributed by atoms with Crippen LogP contribution < -0.4 is 10.6 Å². The molecule has 0 spiro atoms. The van der Waals surface area contributed by atoms with Crippen molar-refractivity contribution in [2.45, 2.75) is 19.9 Å².